The van der Waals surface area contributed by atoms with Crippen molar-refractivity contribution in [1.82, 2.24) is 0 Å². The van der Waals surface area contributed by atoms with Crippen molar-refractivity contribution >= 4 is 5.97 Å². The first kappa shape index (κ1) is 20.2. The molecule has 126 valence electrons. The molecule has 0 aromatic rings. The molecule has 0 bridgehead atoms. The van der Waals surface area contributed by atoms with Crippen molar-refractivity contribution < 1.29 is 32.9 Å². The number of rotatable bonds is 13. The van der Waals surface area contributed by atoms with Crippen molar-refractivity contribution in [3.8, 4) is 0 Å². The van der Waals surface area contributed by atoms with Crippen LogP contribution in [0, 0.1) is 0 Å². The highest BCUT2D eigenvalue weighted by molar-refractivity contribution is 5.71. The van der Waals surface area contributed by atoms with Gasteiger partial charge in [0, 0.05) is 0 Å². The van der Waals surface area contributed by atoms with Crippen LogP contribution in [0.25, 0.3) is 0 Å². The van der Waals surface area contributed by atoms with Crippen molar-refractivity contribution in [3.63, 3.8) is 0 Å². The van der Waals surface area contributed by atoms with Gasteiger partial charge in [-0.05, 0) is 20.8 Å². The molecule has 0 unspecified atom stereocenters. The van der Waals surface area contributed by atoms with Gasteiger partial charge in [0.1, 0.15) is 18.9 Å². The molecule has 0 amide bonds. The quantitative estimate of drug-likeness (QED) is 0.378. The summed E-state index contributed by atoms with van der Waals surface area (Å²) in [6.07, 6.45) is 0. The summed E-state index contributed by atoms with van der Waals surface area (Å²) < 4.78 is 37.2. The topological polar surface area (TPSA) is 63.2 Å². The molecule has 21 heavy (non-hydrogen) atoms. The molecule has 0 rings (SSSR count). The minimum Gasteiger partial charge on any atom is -0.458 e. The van der Waals surface area contributed by atoms with Crippen LogP contribution >= 0.6 is 0 Å². The van der Waals surface area contributed by atoms with E-state index in [0.717, 1.165) is 0 Å². The summed E-state index contributed by atoms with van der Waals surface area (Å²) >= 11 is 0. The molecule has 0 radical (unpaired) electrons. The van der Waals surface area contributed by atoms with Crippen LogP contribution in [0.3, 0.4) is 0 Å². The molecule has 0 aliphatic rings. The number of hydrogen-bond donors (Lipinski definition) is 0. The molecule has 0 aromatic carbocycles. The Hall–Kier alpha value is -0.760. The van der Waals surface area contributed by atoms with Crippen LogP contribution in [-0.4, -0.2) is 71.1 Å². The molecule has 0 N–H and O–H groups in total. The van der Waals surface area contributed by atoms with E-state index >= 15 is 0 Å². The van der Waals surface area contributed by atoms with Gasteiger partial charge in [-0.1, -0.05) is 0 Å². The van der Waals surface area contributed by atoms with Gasteiger partial charge < -0.3 is 23.7 Å². The summed E-state index contributed by atoms with van der Waals surface area (Å²) in [5.41, 5.74) is -0.498. The minimum atomic E-state index is -0.498. The summed E-state index contributed by atoms with van der Waals surface area (Å²) in [4.78, 5) is 11.3. The Morgan fingerprint density at radius 1 is 0.810 bits per heavy atom. The van der Waals surface area contributed by atoms with Crippen molar-refractivity contribution in [2.75, 3.05) is 59.5 Å². The predicted molar refractivity (Wildman–Crippen MR) is 75.1 cm³/mol. The maximum atomic E-state index is 11.7. The van der Waals surface area contributed by atoms with Gasteiger partial charge in [-0.2, -0.15) is 0 Å². The van der Waals surface area contributed by atoms with Crippen LogP contribution < -0.4 is 0 Å². The standard InChI is InChI=1S/C14H27FO6/c1-14(2,3)21-13(16)12-20-11-10-19-9-8-18-7-6-17-5-4-15/h4-12H2,1-3H3. The van der Waals surface area contributed by atoms with Gasteiger partial charge in [0.25, 0.3) is 0 Å². The Labute approximate surface area is 125 Å². The number of hydrogen-bond acceptors (Lipinski definition) is 6. The van der Waals surface area contributed by atoms with Gasteiger partial charge in [-0.3, -0.25) is 0 Å². The molecule has 0 fully saturated rings. The largest absolute Gasteiger partial charge is 0.458 e. The van der Waals surface area contributed by atoms with E-state index in [2.05, 4.69) is 0 Å². The fourth-order valence-corrected chi connectivity index (χ4v) is 1.24. The second-order valence-electron chi connectivity index (χ2n) is 5.17. The van der Waals surface area contributed by atoms with E-state index in [1.807, 2.05) is 0 Å². The highest BCUT2D eigenvalue weighted by atomic mass is 19.1. The number of carbonyl (C=O) groups excluding carboxylic acids is 1. The molecule has 0 heterocycles. The maximum Gasteiger partial charge on any atom is 0.332 e. The number of halogens is 1. The van der Waals surface area contributed by atoms with Crippen molar-refractivity contribution in [3.05, 3.63) is 0 Å². The third kappa shape index (κ3) is 17.2. The normalized spacial score (nSPS) is 11.6. The molecule has 0 atom stereocenters. The van der Waals surface area contributed by atoms with Gasteiger partial charge in [0.2, 0.25) is 0 Å². The predicted octanol–water partition coefficient (Wildman–Crippen LogP) is 1.36. The lowest BCUT2D eigenvalue weighted by molar-refractivity contribution is -0.160. The van der Waals surface area contributed by atoms with E-state index in [1.54, 1.807) is 20.8 Å². The van der Waals surface area contributed by atoms with E-state index in [1.165, 1.54) is 0 Å². The zero-order valence-corrected chi connectivity index (χ0v) is 13.2. The van der Waals surface area contributed by atoms with Gasteiger partial charge in [0.15, 0.2) is 0 Å². The number of carbonyl (C=O) groups is 1. The molecule has 6 nitrogen and oxygen atoms in total. The zero-order chi connectivity index (χ0) is 16.0. The second-order valence-corrected chi connectivity index (χ2v) is 5.17. The summed E-state index contributed by atoms with van der Waals surface area (Å²) in [6, 6.07) is 0. The lowest BCUT2D eigenvalue weighted by atomic mass is 10.2. The van der Waals surface area contributed by atoms with E-state index < -0.39 is 12.3 Å². The van der Waals surface area contributed by atoms with E-state index in [0.29, 0.717) is 39.6 Å². The summed E-state index contributed by atoms with van der Waals surface area (Å²) in [7, 11) is 0. The van der Waals surface area contributed by atoms with E-state index in [-0.39, 0.29) is 19.2 Å². The third-order valence-corrected chi connectivity index (χ3v) is 1.98. The average Bonchev–Trinajstić information content (AvgIpc) is 2.38. The van der Waals surface area contributed by atoms with Crippen LogP contribution in [0.15, 0.2) is 0 Å². The molecule has 0 aliphatic heterocycles. The summed E-state index contributed by atoms with van der Waals surface area (Å²) in [6.45, 7) is 7.31. The Balaban J connectivity index is 3.17. The van der Waals surface area contributed by atoms with Crippen LogP contribution in [0.4, 0.5) is 4.39 Å². The lowest BCUT2D eigenvalue weighted by Crippen LogP contribution is -2.27. The Kier molecular flexibility index (Phi) is 12.5. The first-order valence-electron chi connectivity index (χ1n) is 7.04. The average molecular weight is 310 g/mol. The van der Waals surface area contributed by atoms with Crippen LogP contribution in [0.1, 0.15) is 20.8 Å². The molecule has 7 heteroatoms. The number of esters is 1. The maximum absolute atomic E-state index is 11.7. The molecule has 0 saturated heterocycles. The highest BCUT2D eigenvalue weighted by Gasteiger charge is 2.15. The van der Waals surface area contributed by atoms with E-state index in [9.17, 15) is 9.18 Å². The highest BCUT2D eigenvalue weighted by Crippen LogP contribution is 2.06. The molecule has 0 saturated carbocycles. The molecular formula is C14H27FO6. The van der Waals surface area contributed by atoms with Crippen molar-refractivity contribution in [2.24, 2.45) is 0 Å². The van der Waals surface area contributed by atoms with Crippen LogP contribution in [0.2, 0.25) is 0 Å². The smallest absolute Gasteiger partial charge is 0.332 e. The van der Waals surface area contributed by atoms with E-state index in [4.69, 9.17) is 23.7 Å². The zero-order valence-electron chi connectivity index (χ0n) is 13.2. The third-order valence-electron chi connectivity index (χ3n) is 1.98. The first-order valence-corrected chi connectivity index (χ1v) is 7.04. The number of alkyl halides is 1. The fourth-order valence-electron chi connectivity index (χ4n) is 1.24. The van der Waals surface area contributed by atoms with Gasteiger partial charge >= 0.3 is 5.97 Å². The monoisotopic (exact) mass is 310 g/mol. The minimum absolute atomic E-state index is 0.0803. The summed E-state index contributed by atoms with van der Waals surface area (Å²) in [5, 5.41) is 0. The Morgan fingerprint density at radius 3 is 1.67 bits per heavy atom. The number of ether oxygens (including phenoxy) is 5. The molecule has 0 aliphatic carbocycles. The summed E-state index contributed by atoms with van der Waals surface area (Å²) in [5.74, 6) is -0.390. The van der Waals surface area contributed by atoms with Crippen molar-refractivity contribution in [1.29, 1.82) is 0 Å². The SMILES string of the molecule is CC(C)(C)OC(=O)COCCOCCOCCOCCF. The molecule has 0 spiro atoms. The lowest BCUT2D eigenvalue weighted by Gasteiger charge is -2.19. The fraction of sp³-hybridized carbons (Fsp3) is 0.929. The first-order chi connectivity index (χ1) is 9.95. The second kappa shape index (κ2) is 12.9. The van der Waals surface area contributed by atoms with Crippen molar-refractivity contribution in [2.45, 2.75) is 26.4 Å². The van der Waals surface area contributed by atoms with Crippen LogP contribution in [-0.2, 0) is 28.5 Å². The van der Waals surface area contributed by atoms with Gasteiger partial charge in [-0.25, -0.2) is 9.18 Å². The van der Waals surface area contributed by atoms with Gasteiger partial charge in [0.05, 0.1) is 46.2 Å². The molecular weight excluding hydrogens is 283 g/mol. The Bertz CT molecular complexity index is 254. The molecule has 0 aromatic heterocycles. The Morgan fingerprint density at radius 2 is 1.24 bits per heavy atom. The van der Waals surface area contributed by atoms with Gasteiger partial charge in [-0.15, -0.1) is 0 Å². The van der Waals surface area contributed by atoms with Crippen LogP contribution in [0.5, 0.6) is 0 Å².